The van der Waals surface area contributed by atoms with Crippen molar-refractivity contribution in [1.29, 1.82) is 0 Å². The third-order valence-electron chi connectivity index (χ3n) is 4.98. The van der Waals surface area contributed by atoms with Gasteiger partial charge in [0, 0.05) is 37.3 Å². The SMILES string of the molecule is COc1nn(C)c2nc(C)c(CCC(=O)NCc3ccccc3[N+](=O)[O-])c(C)c12. The van der Waals surface area contributed by atoms with Crippen LogP contribution in [0.1, 0.15) is 28.8 Å². The number of nitrogens with zero attached hydrogens (tertiary/aromatic N) is 4. The zero-order chi connectivity index (χ0) is 21.1. The number of aryl methyl sites for hydroxylation is 3. The molecule has 0 aliphatic rings. The molecule has 1 amide bonds. The summed E-state index contributed by atoms with van der Waals surface area (Å²) in [5, 5.41) is 19.0. The van der Waals surface area contributed by atoms with Crippen LogP contribution in [-0.4, -0.2) is 32.7 Å². The molecule has 0 saturated heterocycles. The first-order valence-corrected chi connectivity index (χ1v) is 9.19. The summed E-state index contributed by atoms with van der Waals surface area (Å²) in [7, 11) is 3.38. The smallest absolute Gasteiger partial charge is 0.274 e. The molecule has 2 aromatic heterocycles. The number of hydrogen-bond donors (Lipinski definition) is 1. The van der Waals surface area contributed by atoms with Crippen LogP contribution >= 0.6 is 0 Å². The molecular formula is C20H23N5O4. The lowest BCUT2D eigenvalue weighted by Crippen LogP contribution is -2.23. The lowest BCUT2D eigenvalue weighted by atomic mass is 10.00. The van der Waals surface area contributed by atoms with Gasteiger partial charge in [-0.1, -0.05) is 18.2 Å². The number of carbonyl (C=O) groups is 1. The molecule has 2 heterocycles. The minimum atomic E-state index is -0.448. The number of nitrogens with one attached hydrogen (secondary N) is 1. The third-order valence-corrected chi connectivity index (χ3v) is 4.98. The molecule has 9 heteroatoms. The number of hydrogen-bond acceptors (Lipinski definition) is 6. The number of pyridine rings is 1. The van der Waals surface area contributed by atoms with Crippen molar-refractivity contribution in [3.05, 3.63) is 56.8 Å². The Hall–Kier alpha value is -3.49. The Balaban J connectivity index is 1.72. The number of nitro benzene ring substituents is 1. The van der Waals surface area contributed by atoms with E-state index in [1.54, 1.807) is 30.0 Å². The average Bonchev–Trinajstić information content (AvgIpc) is 3.02. The molecule has 0 bridgehead atoms. The van der Waals surface area contributed by atoms with Crippen molar-refractivity contribution in [2.24, 2.45) is 7.05 Å². The fourth-order valence-electron chi connectivity index (χ4n) is 3.47. The van der Waals surface area contributed by atoms with E-state index >= 15 is 0 Å². The van der Waals surface area contributed by atoms with Crippen molar-refractivity contribution in [2.45, 2.75) is 33.2 Å². The Morgan fingerprint density at radius 3 is 2.72 bits per heavy atom. The van der Waals surface area contributed by atoms with Crippen LogP contribution in [0.25, 0.3) is 11.0 Å². The van der Waals surface area contributed by atoms with E-state index in [4.69, 9.17) is 4.74 Å². The molecule has 0 radical (unpaired) electrons. The van der Waals surface area contributed by atoms with E-state index in [9.17, 15) is 14.9 Å². The molecule has 152 valence electrons. The summed E-state index contributed by atoms with van der Waals surface area (Å²) >= 11 is 0. The first kappa shape index (κ1) is 20.2. The van der Waals surface area contributed by atoms with Gasteiger partial charge in [-0.05, 0) is 31.4 Å². The summed E-state index contributed by atoms with van der Waals surface area (Å²) in [5.74, 6) is 0.329. The highest BCUT2D eigenvalue weighted by molar-refractivity contribution is 5.86. The maximum atomic E-state index is 12.3. The number of fused-ring (bicyclic) bond motifs is 1. The number of benzene rings is 1. The fourth-order valence-corrected chi connectivity index (χ4v) is 3.47. The second-order valence-electron chi connectivity index (χ2n) is 6.79. The van der Waals surface area contributed by atoms with Gasteiger partial charge in [-0.3, -0.25) is 14.9 Å². The van der Waals surface area contributed by atoms with Gasteiger partial charge in [0.15, 0.2) is 5.65 Å². The van der Waals surface area contributed by atoms with E-state index in [0.717, 1.165) is 27.9 Å². The van der Waals surface area contributed by atoms with Gasteiger partial charge in [0.05, 0.1) is 17.4 Å². The van der Waals surface area contributed by atoms with Crippen LogP contribution in [-0.2, 0) is 24.8 Å². The molecule has 0 aliphatic carbocycles. The molecule has 0 unspecified atom stereocenters. The van der Waals surface area contributed by atoms with Gasteiger partial charge in [-0.2, -0.15) is 0 Å². The molecule has 0 aliphatic heterocycles. The Kier molecular flexibility index (Phi) is 5.76. The van der Waals surface area contributed by atoms with Gasteiger partial charge < -0.3 is 10.1 Å². The average molecular weight is 397 g/mol. The van der Waals surface area contributed by atoms with Gasteiger partial charge >= 0.3 is 0 Å². The van der Waals surface area contributed by atoms with E-state index in [-0.39, 0.29) is 24.6 Å². The molecule has 0 fully saturated rings. The zero-order valence-electron chi connectivity index (χ0n) is 16.9. The van der Waals surface area contributed by atoms with Crippen LogP contribution in [0.2, 0.25) is 0 Å². The van der Waals surface area contributed by atoms with Crippen LogP contribution in [0.3, 0.4) is 0 Å². The summed E-state index contributed by atoms with van der Waals surface area (Å²) in [6, 6.07) is 6.38. The molecular weight excluding hydrogens is 374 g/mol. The van der Waals surface area contributed by atoms with Crippen LogP contribution in [0, 0.1) is 24.0 Å². The molecule has 3 rings (SSSR count). The summed E-state index contributed by atoms with van der Waals surface area (Å²) in [4.78, 5) is 27.6. The Bertz CT molecular complexity index is 1090. The molecule has 1 aromatic carbocycles. The van der Waals surface area contributed by atoms with Crippen molar-refractivity contribution in [3.63, 3.8) is 0 Å². The van der Waals surface area contributed by atoms with Gasteiger partial charge in [0.2, 0.25) is 11.8 Å². The van der Waals surface area contributed by atoms with Crippen molar-refractivity contribution in [2.75, 3.05) is 7.11 Å². The molecule has 9 nitrogen and oxygen atoms in total. The highest BCUT2D eigenvalue weighted by Crippen LogP contribution is 2.30. The summed E-state index contributed by atoms with van der Waals surface area (Å²) in [6.45, 7) is 4.00. The summed E-state index contributed by atoms with van der Waals surface area (Å²) < 4.78 is 7.04. The minimum absolute atomic E-state index is 0.00202. The topological polar surface area (TPSA) is 112 Å². The minimum Gasteiger partial charge on any atom is -0.479 e. The molecule has 0 atom stereocenters. The number of nitro groups is 1. The predicted molar refractivity (Wildman–Crippen MR) is 108 cm³/mol. The fraction of sp³-hybridized carbons (Fsp3) is 0.350. The van der Waals surface area contributed by atoms with Crippen LogP contribution in [0.15, 0.2) is 24.3 Å². The zero-order valence-corrected chi connectivity index (χ0v) is 16.9. The van der Waals surface area contributed by atoms with E-state index in [1.165, 1.54) is 6.07 Å². The predicted octanol–water partition coefficient (Wildman–Crippen LogP) is 2.75. The van der Waals surface area contributed by atoms with Crippen LogP contribution in [0.5, 0.6) is 5.88 Å². The Labute approximate surface area is 167 Å². The quantitative estimate of drug-likeness (QED) is 0.485. The highest BCUT2D eigenvalue weighted by atomic mass is 16.6. The van der Waals surface area contributed by atoms with E-state index in [0.29, 0.717) is 17.9 Å². The van der Waals surface area contributed by atoms with Gasteiger partial charge in [0.25, 0.3) is 5.69 Å². The lowest BCUT2D eigenvalue weighted by Gasteiger charge is -2.11. The third kappa shape index (κ3) is 4.03. The van der Waals surface area contributed by atoms with Crippen molar-refractivity contribution >= 4 is 22.6 Å². The van der Waals surface area contributed by atoms with Crippen LogP contribution < -0.4 is 10.1 Å². The second-order valence-corrected chi connectivity index (χ2v) is 6.79. The number of methoxy groups -OCH3 is 1. The van der Waals surface area contributed by atoms with Crippen LogP contribution in [0.4, 0.5) is 5.69 Å². The molecule has 1 N–H and O–H groups in total. The first-order chi connectivity index (χ1) is 13.8. The Morgan fingerprint density at radius 1 is 1.31 bits per heavy atom. The van der Waals surface area contributed by atoms with Crippen molar-refractivity contribution in [1.82, 2.24) is 20.1 Å². The molecule has 3 aromatic rings. The van der Waals surface area contributed by atoms with Crippen molar-refractivity contribution in [3.8, 4) is 5.88 Å². The first-order valence-electron chi connectivity index (χ1n) is 9.19. The van der Waals surface area contributed by atoms with E-state index < -0.39 is 4.92 Å². The molecule has 0 spiro atoms. The largest absolute Gasteiger partial charge is 0.479 e. The van der Waals surface area contributed by atoms with Gasteiger partial charge in [0.1, 0.15) is 0 Å². The summed E-state index contributed by atoms with van der Waals surface area (Å²) in [6.07, 6.45) is 0.749. The number of rotatable bonds is 7. The maximum Gasteiger partial charge on any atom is 0.274 e. The Morgan fingerprint density at radius 2 is 2.03 bits per heavy atom. The van der Waals surface area contributed by atoms with E-state index in [2.05, 4.69) is 15.4 Å². The van der Waals surface area contributed by atoms with E-state index in [1.807, 2.05) is 20.9 Å². The number of ether oxygens (including phenoxy) is 1. The second kappa shape index (κ2) is 8.26. The molecule has 29 heavy (non-hydrogen) atoms. The number of aromatic nitrogens is 3. The van der Waals surface area contributed by atoms with Gasteiger partial charge in [-0.25, -0.2) is 9.67 Å². The standard InChI is InChI=1S/C20H23N5O4/c1-12-15(13(2)22-19-18(12)20(29-4)23-24(19)3)9-10-17(26)21-11-14-7-5-6-8-16(14)25(27)28/h5-8H,9-11H2,1-4H3,(H,21,26). The lowest BCUT2D eigenvalue weighted by molar-refractivity contribution is -0.385. The maximum absolute atomic E-state index is 12.3. The monoisotopic (exact) mass is 397 g/mol. The normalized spacial score (nSPS) is 10.9. The van der Waals surface area contributed by atoms with Gasteiger partial charge in [-0.15, -0.1) is 5.10 Å². The number of amides is 1. The number of carbonyl (C=O) groups excluding carboxylic acids is 1. The van der Waals surface area contributed by atoms with Crippen molar-refractivity contribution < 1.29 is 14.5 Å². The highest BCUT2D eigenvalue weighted by Gasteiger charge is 2.19. The summed E-state index contributed by atoms with van der Waals surface area (Å²) in [5.41, 5.74) is 4.02. The molecule has 0 saturated carbocycles. The number of para-hydroxylation sites is 1.